The molecule has 0 aromatic carbocycles. The van der Waals surface area contributed by atoms with Crippen LogP contribution in [0, 0.1) is 5.92 Å². The number of ether oxygens (including phenoxy) is 1. The molecule has 2 nitrogen and oxygen atoms in total. The van der Waals surface area contributed by atoms with E-state index in [1.54, 1.807) is 0 Å². The van der Waals surface area contributed by atoms with E-state index in [0.29, 0.717) is 6.10 Å². The maximum absolute atomic E-state index is 5.91. The third kappa shape index (κ3) is 7.24. The Bertz CT molecular complexity index is 151. The highest BCUT2D eigenvalue weighted by Gasteiger charge is 2.11. The van der Waals surface area contributed by atoms with E-state index in [2.05, 4.69) is 19.2 Å². The van der Waals surface area contributed by atoms with Crippen molar-refractivity contribution in [1.29, 1.82) is 0 Å². The highest BCUT2D eigenvalue weighted by molar-refractivity contribution is 4.64. The quantitative estimate of drug-likeness (QED) is 0.532. The van der Waals surface area contributed by atoms with Crippen LogP contribution in [-0.4, -0.2) is 25.8 Å². The first-order valence-electron chi connectivity index (χ1n) is 7.11. The van der Waals surface area contributed by atoms with Gasteiger partial charge < -0.3 is 10.1 Å². The smallest absolute Gasteiger partial charge is 0.0594 e. The van der Waals surface area contributed by atoms with E-state index in [1.165, 1.54) is 44.9 Å². The lowest BCUT2D eigenvalue weighted by atomic mass is 10.1. The molecule has 1 rings (SSSR count). The van der Waals surface area contributed by atoms with Gasteiger partial charge in [-0.3, -0.25) is 0 Å². The normalized spacial score (nSPS) is 18.9. The molecule has 0 heterocycles. The lowest BCUT2D eigenvalue weighted by Crippen LogP contribution is -2.24. The minimum atomic E-state index is 0.550. The van der Waals surface area contributed by atoms with E-state index in [9.17, 15) is 0 Å². The molecule has 2 heteroatoms. The average Bonchev–Trinajstić information content (AvgIpc) is 2.51. The van der Waals surface area contributed by atoms with Crippen molar-refractivity contribution in [3.05, 3.63) is 0 Å². The van der Waals surface area contributed by atoms with Crippen LogP contribution in [-0.2, 0) is 4.74 Å². The van der Waals surface area contributed by atoms with E-state index < -0.39 is 0 Å². The summed E-state index contributed by atoms with van der Waals surface area (Å²) >= 11 is 0. The van der Waals surface area contributed by atoms with Gasteiger partial charge in [0.15, 0.2) is 0 Å². The molecule has 96 valence electrons. The van der Waals surface area contributed by atoms with Crippen molar-refractivity contribution in [2.75, 3.05) is 19.7 Å². The summed E-state index contributed by atoms with van der Waals surface area (Å²) in [4.78, 5) is 0. The van der Waals surface area contributed by atoms with Gasteiger partial charge in [0.05, 0.1) is 12.7 Å². The zero-order valence-corrected chi connectivity index (χ0v) is 11.1. The molecule has 0 unspecified atom stereocenters. The van der Waals surface area contributed by atoms with Gasteiger partial charge in [-0.1, -0.05) is 39.5 Å². The topological polar surface area (TPSA) is 21.3 Å². The van der Waals surface area contributed by atoms with Gasteiger partial charge in [0.25, 0.3) is 0 Å². The van der Waals surface area contributed by atoms with Gasteiger partial charge in [-0.2, -0.15) is 0 Å². The average molecular weight is 227 g/mol. The molecule has 1 fully saturated rings. The van der Waals surface area contributed by atoms with Crippen LogP contribution in [0.15, 0.2) is 0 Å². The standard InChI is InChI=1S/C14H29NO/c1-13(2)9-10-15-11-12-16-14-7-5-3-4-6-8-14/h13-15H,3-12H2,1-2H3. The third-order valence-electron chi connectivity index (χ3n) is 3.33. The van der Waals surface area contributed by atoms with Crippen molar-refractivity contribution in [2.45, 2.75) is 64.9 Å². The van der Waals surface area contributed by atoms with Crippen LogP contribution in [0.2, 0.25) is 0 Å². The predicted octanol–water partition coefficient (Wildman–Crippen LogP) is 3.36. The molecule has 1 aliphatic rings. The lowest BCUT2D eigenvalue weighted by Gasteiger charge is -2.15. The minimum absolute atomic E-state index is 0.550. The predicted molar refractivity (Wildman–Crippen MR) is 69.8 cm³/mol. The van der Waals surface area contributed by atoms with Gasteiger partial charge in [0, 0.05) is 6.54 Å². The molecule has 0 saturated heterocycles. The molecule has 1 saturated carbocycles. The Morgan fingerprint density at radius 1 is 1.06 bits per heavy atom. The van der Waals surface area contributed by atoms with Gasteiger partial charge >= 0.3 is 0 Å². The van der Waals surface area contributed by atoms with Gasteiger partial charge in [-0.25, -0.2) is 0 Å². The Hall–Kier alpha value is -0.0800. The zero-order valence-electron chi connectivity index (χ0n) is 11.1. The number of rotatable bonds is 7. The van der Waals surface area contributed by atoms with Crippen molar-refractivity contribution in [3.63, 3.8) is 0 Å². The summed E-state index contributed by atoms with van der Waals surface area (Å²) in [6, 6.07) is 0. The summed E-state index contributed by atoms with van der Waals surface area (Å²) in [6.45, 7) is 7.57. The Morgan fingerprint density at radius 2 is 1.75 bits per heavy atom. The lowest BCUT2D eigenvalue weighted by molar-refractivity contribution is 0.0451. The molecule has 1 N–H and O–H groups in total. The van der Waals surface area contributed by atoms with Gasteiger partial charge in [-0.15, -0.1) is 0 Å². The second kappa shape index (κ2) is 9.00. The fourth-order valence-electron chi connectivity index (χ4n) is 2.22. The van der Waals surface area contributed by atoms with E-state index in [-0.39, 0.29) is 0 Å². The molecule has 16 heavy (non-hydrogen) atoms. The van der Waals surface area contributed by atoms with Crippen molar-refractivity contribution < 1.29 is 4.74 Å². The molecular weight excluding hydrogens is 198 g/mol. The highest BCUT2D eigenvalue weighted by Crippen LogP contribution is 2.19. The van der Waals surface area contributed by atoms with Gasteiger partial charge in [0.1, 0.15) is 0 Å². The summed E-state index contributed by atoms with van der Waals surface area (Å²) in [5.74, 6) is 0.801. The fourth-order valence-corrected chi connectivity index (χ4v) is 2.22. The monoisotopic (exact) mass is 227 g/mol. The van der Waals surface area contributed by atoms with Crippen molar-refractivity contribution in [2.24, 2.45) is 5.92 Å². The molecule has 0 bridgehead atoms. The molecule has 1 aliphatic carbocycles. The van der Waals surface area contributed by atoms with Crippen molar-refractivity contribution >= 4 is 0 Å². The van der Waals surface area contributed by atoms with Crippen LogP contribution in [0.5, 0.6) is 0 Å². The highest BCUT2D eigenvalue weighted by atomic mass is 16.5. The van der Waals surface area contributed by atoms with Gasteiger partial charge in [0.2, 0.25) is 0 Å². The summed E-state index contributed by atoms with van der Waals surface area (Å²) in [6.07, 6.45) is 9.94. The summed E-state index contributed by atoms with van der Waals surface area (Å²) < 4.78 is 5.91. The summed E-state index contributed by atoms with van der Waals surface area (Å²) in [7, 11) is 0. The third-order valence-corrected chi connectivity index (χ3v) is 3.33. The Labute approximate surface area is 101 Å². The van der Waals surface area contributed by atoms with Crippen LogP contribution >= 0.6 is 0 Å². The summed E-state index contributed by atoms with van der Waals surface area (Å²) in [5, 5.41) is 3.45. The van der Waals surface area contributed by atoms with Gasteiger partial charge in [-0.05, 0) is 31.7 Å². The van der Waals surface area contributed by atoms with Crippen LogP contribution in [0.3, 0.4) is 0 Å². The first-order valence-corrected chi connectivity index (χ1v) is 7.11. The molecule has 0 aromatic heterocycles. The molecule has 0 aliphatic heterocycles. The van der Waals surface area contributed by atoms with E-state index in [4.69, 9.17) is 4.74 Å². The van der Waals surface area contributed by atoms with Crippen LogP contribution < -0.4 is 5.32 Å². The van der Waals surface area contributed by atoms with E-state index in [1.807, 2.05) is 0 Å². The van der Waals surface area contributed by atoms with Crippen LogP contribution in [0.1, 0.15) is 58.8 Å². The SMILES string of the molecule is CC(C)CCNCCOC1CCCCCC1. The largest absolute Gasteiger partial charge is 0.377 e. The summed E-state index contributed by atoms with van der Waals surface area (Å²) in [5.41, 5.74) is 0. The maximum atomic E-state index is 5.91. The molecule has 0 spiro atoms. The fraction of sp³-hybridized carbons (Fsp3) is 1.00. The number of hydrogen-bond acceptors (Lipinski definition) is 2. The van der Waals surface area contributed by atoms with Crippen LogP contribution in [0.25, 0.3) is 0 Å². The second-order valence-corrected chi connectivity index (χ2v) is 5.42. The maximum Gasteiger partial charge on any atom is 0.0594 e. The van der Waals surface area contributed by atoms with E-state index in [0.717, 1.165) is 25.6 Å². The second-order valence-electron chi connectivity index (χ2n) is 5.42. The first-order chi connectivity index (χ1) is 7.79. The zero-order chi connectivity index (χ0) is 11.6. The molecule has 0 atom stereocenters. The number of nitrogens with one attached hydrogen (secondary N) is 1. The molecule has 0 aromatic rings. The Morgan fingerprint density at radius 3 is 2.38 bits per heavy atom. The van der Waals surface area contributed by atoms with E-state index >= 15 is 0 Å². The van der Waals surface area contributed by atoms with Crippen molar-refractivity contribution in [1.82, 2.24) is 5.32 Å². The van der Waals surface area contributed by atoms with Crippen LogP contribution in [0.4, 0.5) is 0 Å². The number of hydrogen-bond donors (Lipinski definition) is 1. The molecular formula is C14H29NO. The Kier molecular flexibility index (Phi) is 7.87. The molecule has 0 radical (unpaired) electrons. The molecule has 0 amide bonds. The Balaban J connectivity index is 1.89. The van der Waals surface area contributed by atoms with Crippen molar-refractivity contribution in [3.8, 4) is 0 Å². The first kappa shape index (κ1) is 14.0. The minimum Gasteiger partial charge on any atom is -0.377 e.